The SMILES string of the molecule is CC/C(=N/NC(=O)c1ccccc1N(Cc1ccc(Cl)cc1)S(=O)(=O)c1ccc(C)cc1)c1ccc(OC)c(OC)c1. The molecule has 0 unspecified atom stereocenters. The molecule has 0 aliphatic rings. The molecule has 1 N–H and O–H groups in total. The van der Waals surface area contributed by atoms with Crippen molar-refractivity contribution in [3.8, 4) is 11.5 Å². The van der Waals surface area contributed by atoms with Crippen molar-refractivity contribution in [2.24, 2.45) is 5.10 Å². The average Bonchev–Trinajstić information content (AvgIpc) is 3.01. The van der Waals surface area contributed by atoms with Crippen molar-refractivity contribution in [2.45, 2.75) is 31.7 Å². The van der Waals surface area contributed by atoms with Gasteiger partial charge in [-0.05, 0) is 73.5 Å². The maximum absolute atomic E-state index is 14.0. The van der Waals surface area contributed by atoms with Gasteiger partial charge in [-0.2, -0.15) is 5.10 Å². The highest BCUT2D eigenvalue weighted by atomic mass is 35.5. The van der Waals surface area contributed by atoms with Crippen LogP contribution in [0.3, 0.4) is 0 Å². The van der Waals surface area contributed by atoms with E-state index >= 15 is 0 Å². The number of anilines is 1. The van der Waals surface area contributed by atoms with Crippen LogP contribution in [0.2, 0.25) is 5.02 Å². The lowest BCUT2D eigenvalue weighted by atomic mass is 10.1. The molecule has 0 spiro atoms. The van der Waals surface area contributed by atoms with Crippen LogP contribution in [0.25, 0.3) is 0 Å². The first-order valence-electron chi connectivity index (χ1n) is 13.2. The van der Waals surface area contributed by atoms with Gasteiger partial charge in [0.2, 0.25) is 0 Å². The minimum atomic E-state index is -4.07. The number of ether oxygens (including phenoxy) is 2. The van der Waals surface area contributed by atoms with Gasteiger partial charge in [-0.15, -0.1) is 0 Å². The van der Waals surface area contributed by atoms with E-state index in [1.807, 2.05) is 19.9 Å². The van der Waals surface area contributed by atoms with E-state index in [2.05, 4.69) is 10.5 Å². The largest absolute Gasteiger partial charge is 0.493 e. The number of sulfonamides is 1. The molecule has 0 aliphatic carbocycles. The number of halogens is 1. The Morgan fingerprint density at radius 3 is 2.21 bits per heavy atom. The van der Waals surface area contributed by atoms with E-state index in [-0.39, 0.29) is 22.7 Å². The number of hydrogen-bond acceptors (Lipinski definition) is 6. The minimum Gasteiger partial charge on any atom is -0.493 e. The van der Waals surface area contributed by atoms with Crippen LogP contribution in [-0.4, -0.2) is 34.3 Å². The van der Waals surface area contributed by atoms with Gasteiger partial charge in [0.05, 0.1) is 42.6 Å². The second-order valence-corrected chi connectivity index (χ2v) is 11.7. The predicted octanol–water partition coefficient (Wildman–Crippen LogP) is 6.61. The van der Waals surface area contributed by atoms with Crippen molar-refractivity contribution < 1.29 is 22.7 Å². The lowest BCUT2D eigenvalue weighted by Crippen LogP contribution is -2.33. The fraction of sp³-hybridized carbons (Fsp3) is 0.188. The first-order chi connectivity index (χ1) is 20.2. The summed E-state index contributed by atoms with van der Waals surface area (Å²) in [5.41, 5.74) is 5.95. The molecule has 0 bridgehead atoms. The number of benzene rings is 4. The van der Waals surface area contributed by atoms with E-state index in [4.69, 9.17) is 21.1 Å². The molecule has 4 aromatic rings. The van der Waals surface area contributed by atoms with Gasteiger partial charge in [-0.1, -0.05) is 60.5 Å². The summed E-state index contributed by atoms with van der Waals surface area (Å²) in [6, 6.07) is 25.4. The van der Waals surface area contributed by atoms with Crippen molar-refractivity contribution in [2.75, 3.05) is 18.5 Å². The summed E-state index contributed by atoms with van der Waals surface area (Å²) >= 11 is 6.07. The lowest BCUT2D eigenvalue weighted by Gasteiger charge is -2.26. The number of aryl methyl sites for hydroxylation is 1. The Hall–Kier alpha value is -4.34. The zero-order chi connectivity index (χ0) is 30.3. The summed E-state index contributed by atoms with van der Waals surface area (Å²) in [5, 5.41) is 4.91. The van der Waals surface area contributed by atoms with Gasteiger partial charge in [0, 0.05) is 10.6 Å². The van der Waals surface area contributed by atoms with Gasteiger partial charge in [-0.3, -0.25) is 9.10 Å². The van der Waals surface area contributed by atoms with Gasteiger partial charge in [-0.25, -0.2) is 13.8 Å². The van der Waals surface area contributed by atoms with Gasteiger partial charge >= 0.3 is 0 Å². The first-order valence-corrected chi connectivity index (χ1v) is 15.0. The van der Waals surface area contributed by atoms with E-state index in [9.17, 15) is 13.2 Å². The number of carbonyl (C=O) groups is 1. The summed E-state index contributed by atoms with van der Waals surface area (Å²) in [5.74, 6) is 0.550. The van der Waals surface area contributed by atoms with Crippen LogP contribution >= 0.6 is 11.6 Å². The van der Waals surface area contributed by atoms with Crippen LogP contribution in [0.5, 0.6) is 11.5 Å². The molecule has 10 heteroatoms. The zero-order valence-electron chi connectivity index (χ0n) is 23.8. The zero-order valence-corrected chi connectivity index (χ0v) is 25.4. The number of hydrogen-bond donors (Lipinski definition) is 1. The summed E-state index contributed by atoms with van der Waals surface area (Å²) in [6.07, 6.45) is 0.516. The van der Waals surface area contributed by atoms with Crippen molar-refractivity contribution >= 4 is 38.9 Å². The molecule has 8 nitrogen and oxygen atoms in total. The molecule has 4 rings (SSSR count). The molecule has 0 aliphatic heterocycles. The highest BCUT2D eigenvalue weighted by Crippen LogP contribution is 2.31. The van der Waals surface area contributed by atoms with E-state index in [1.165, 1.54) is 4.31 Å². The topological polar surface area (TPSA) is 97.3 Å². The third-order valence-corrected chi connectivity index (χ3v) is 8.64. The number of nitrogens with one attached hydrogen (secondary N) is 1. The van der Waals surface area contributed by atoms with Crippen molar-refractivity contribution in [3.63, 3.8) is 0 Å². The highest BCUT2D eigenvalue weighted by molar-refractivity contribution is 7.92. The maximum atomic E-state index is 14.0. The van der Waals surface area contributed by atoms with Crippen molar-refractivity contribution in [1.29, 1.82) is 0 Å². The number of hydrazone groups is 1. The molecular weight excluding hydrogens is 574 g/mol. The summed E-state index contributed by atoms with van der Waals surface area (Å²) in [4.78, 5) is 13.7. The number of carbonyl (C=O) groups excluding carboxylic acids is 1. The van der Waals surface area contributed by atoms with Gasteiger partial charge in [0.1, 0.15) is 0 Å². The van der Waals surface area contributed by atoms with Crippen LogP contribution in [0.1, 0.15) is 40.4 Å². The standard InChI is InChI=1S/C32H32ClN3O5S/c1-5-28(24-14-19-30(40-3)31(20-24)41-4)34-35-32(37)27-8-6-7-9-29(27)36(21-23-12-15-25(33)16-13-23)42(38,39)26-17-10-22(2)11-18-26/h6-20H,5,21H2,1-4H3,(H,35,37)/b34-28-. The van der Waals surface area contributed by atoms with E-state index in [0.717, 1.165) is 11.1 Å². The summed E-state index contributed by atoms with van der Waals surface area (Å²) in [6.45, 7) is 3.78. The molecule has 42 heavy (non-hydrogen) atoms. The number of rotatable bonds is 11. The smallest absolute Gasteiger partial charge is 0.273 e. The first kappa shape index (κ1) is 30.6. The predicted molar refractivity (Wildman–Crippen MR) is 166 cm³/mol. The molecule has 0 atom stereocenters. The number of methoxy groups -OCH3 is 2. The lowest BCUT2D eigenvalue weighted by molar-refractivity contribution is 0.0955. The van der Waals surface area contributed by atoms with Crippen LogP contribution < -0.4 is 19.2 Å². The Bertz CT molecular complexity index is 1690. The molecule has 218 valence electrons. The fourth-order valence-corrected chi connectivity index (χ4v) is 5.92. The van der Waals surface area contributed by atoms with E-state index in [0.29, 0.717) is 34.2 Å². The Labute approximate surface area is 251 Å². The van der Waals surface area contributed by atoms with E-state index in [1.54, 1.807) is 99.1 Å². The summed E-state index contributed by atoms with van der Waals surface area (Å²) in [7, 11) is -0.970. The Morgan fingerprint density at radius 2 is 1.57 bits per heavy atom. The quantitative estimate of drug-likeness (QED) is 0.153. The molecule has 0 heterocycles. The number of nitrogens with zero attached hydrogens (tertiary/aromatic N) is 2. The van der Waals surface area contributed by atoms with Crippen LogP contribution in [0, 0.1) is 6.92 Å². The Morgan fingerprint density at radius 1 is 0.905 bits per heavy atom. The normalized spacial score (nSPS) is 11.6. The van der Waals surface area contributed by atoms with Crippen molar-refractivity contribution in [3.05, 3.63) is 118 Å². The Kier molecular flexibility index (Phi) is 9.88. The van der Waals surface area contributed by atoms with E-state index < -0.39 is 15.9 Å². The van der Waals surface area contributed by atoms with Crippen molar-refractivity contribution in [1.82, 2.24) is 5.43 Å². The van der Waals surface area contributed by atoms with Gasteiger partial charge in [0.15, 0.2) is 11.5 Å². The molecule has 0 saturated carbocycles. The fourth-order valence-electron chi connectivity index (χ4n) is 4.32. The molecule has 4 aromatic carbocycles. The maximum Gasteiger partial charge on any atom is 0.273 e. The third kappa shape index (κ3) is 6.92. The third-order valence-electron chi connectivity index (χ3n) is 6.61. The van der Waals surface area contributed by atoms with Crippen LogP contribution in [0.15, 0.2) is 101 Å². The highest BCUT2D eigenvalue weighted by Gasteiger charge is 2.28. The molecule has 1 amide bonds. The molecule has 0 fully saturated rings. The molecule has 0 radical (unpaired) electrons. The average molecular weight is 606 g/mol. The Balaban J connectivity index is 1.73. The van der Waals surface area contributed by atoms with Crippen LogP contribution in [0.4, 0.5) is 5.69 Å². The minimum absolute atomic E-state index is 0.0210. The second-order valence-electron chi connectivity index (χ2n) is 9.39. The second kappa shape index (κ2) is 13.5. The summed E-state index contributed by atoms with van der Waals surface area (Å²) < 4.78 is 40.0. The molecule has 0 aromatic heterocycles. The number of para-hydroxylation sites is 1. The molecule has 0 saturated heterocycles. The monoisotopic (exact) mass is 605 g/mol. The van der Waals surface area contributed by atoms with Gasteiger partial charge < -0.3 is 9.47 Å². The molecular formula is C32H32ClN3O5S. The number of amides is 1. The van der Waals surface area contributed by atoms with Gasteiger partial charge in [0.25, 0.3) is 15.9 Å². The van der Waals surface area contributed by atoms with Crippen LogP contribution in [-0.2, 0) is 16.6 Å².